The molecule has 5 nitrogen and oxygen atoms in total. The molecule has 1 aromatic heterocycles. The van der Waals surface area contributed by atoms with Crippen molar-refractivity contribution < 1.29 is 19.2 Å². The minimum atomic E-state index is -0.499. The average molecular weight is 332 g/mol. The number of nitrogens with one attached hydrogen (secondary N) is 1. The Morgan fingerprint density at radius 1 is 1.38 bits per heavy atom. The maximum Gasteiger partial charge on any atom is 0.336 e. The number of likely N-dealkylation sites (tertiary alicyclic amines) is 1. The number of hydrogen-bond donors (Lipinski definition) is 2. The summed E-state index contributed by atoms with van der Waals surface area (Å²) in [5.74, 6) is 0.608. The largest absolute Gasteiger partial charge is 0.491 e. The smallest absolute Gasteiger partial charge is 0.336 e. The number of quaternary nitrogens is 1. The van der Waals surface area contributed by atoms with E-state index < -0.39 is 6.10 Å². The Bertz CT molecular complexity index is 755. The van der Waals surface area contributed by atoms with Crippen molar-refractivity contribution >= 4 is 11.0 Å². The first-order chi connectivity index (χ1) is 11.5. The van der Waals surface area contributed by atoms with Crippen LogP contribution >= 0.6 is 0 Å². The Labute approximate surface area is 141 Å². The van der Waals surface area contributed by atoms with Crippen LogP contribution in [-0.4, -0.2) is 36.9 Å². The van der Waals surface area contributed by atoms with E-state index in [0.717, 1.165) is 17.5 Å². The summed E-state index contributed by atoms with van der Waals surface area (Å²) < 4.78 is 10.9. The van der Waals surface area contributed by atoms with Crippen molar-refractivity contribution in [1.29, 1.82) is 0 Å². The highest BCUT2D eigenvalue weighted by Gasteiger charge is 2.24. The maximum atomic E-state index is 11.5. The van der Waals surface area contributed by atoms with Crippen molar-refractivity contribution in [2.45, 2.75) is 45.3 Å². The monoisotopic (exact) mass is 332 g/mol. The average Bonchev–Trinajstić information content (AvgIpc) is 2.54. The van der Waals surface area contributed by atoms with Crippen molar-refractivity contribution in [2.75, 3.05) is 19.7 Å². The van der Waals surface area contributed by atoms with Gasteiger partial charge in [0.15, 0.2) is 0 Å². The predicted octanol–water partition coefficient (Wildman–Crippen LogP) is 1.30. The SMILES string of the molecule is Cc1cc(=O)oc2cc(OC[C@H](O)C[NH+]3CCCC[C@@H]3C)ccc12. The van der Waals surface area contributed by atoms with Gasteiger partial charge in [-0.05, 0) is 50.8 Å². The molecule has 2 aromatic rings. The van der Waals surface area contributed by atoms with Crippen molar-refractivity contribution in [3.8, 4) is 5.75 Å². The molecular weight excluding hydrogens is 306 g/mol. The van der Waals surface area contributed by atoms with Crippen molar-refractivity contribution in [3.63, 3.8) is 0 Å². The fourth-order valence-electron chi connectivity index (χ4n) is 3.51. The number of fused-ring (bicyclic) bond motifs is 1. The van der Waals surface area contributed by atoms with Crippen LogP contribution in [0.2, 0.25) is 0 Å². The second-order valence-electron chi connectivity index (χ2n) is 6.88. The van der Waals surface area contributed by atoms with Gasteiger partial charge < -0.3 is 19.2 Å². The lowest BCUT2D eigenvalue weighted by molar-refractivity contribution is -0.931. The van der Waals surface area contributed by atoms with E-state index in [1.807, 2.05) is 19.1 Å². The molecule has 0 bridgehead atoms. The zero-order valence-corrected chi connectivity index (χ0v) is 14.4. The van der Waals surface area contributed by atoms with Gasteiger partial charge in [0.05, 0.1) is 12.6 Å². The maximum absolute atomic E-state index is 11.5. The highest BCUT2D eigenvalue weighted by atomic mass is 16.5. The van der Waals surface area contributed by atoms with Gasteiger partial charge in [-0.1, -0.05) is 0 Å². The molecule has 0 radical (unpaired) electrons. The molecule has 0 amide bonds. The molecule has 1 aliphatic heterocycles. The van der Waals surface area contributed by atoms with E-state index in [9.17, 15) is 9.90 Å². The number of benzene rings is 1. The van der Waals surface area contributed by atoms with E-state index in [1.54, 1.807) is 6.07 Å². The van der Waals surface area contributed by atoms with Crippen LogP contribution in [0, 0.1) is 6.92 Å². The van der Waals surface area contributed by atoms with Gasteiger partial charge in [-0.25, -0.2) is 4.79 Å². The van der Waals surface area contributed by atoms with E-state index in [-0.39, 0.29) is 12.2 Å². The molecule has 3 rings (SSSR count). The standard InChI is InChI=1S/C19H25NO4/c1-13-9-19(22)24-18-10-16(6-7-17(13)18)23-12-15(21)11-20-8-4-3-5-14(20)2/h6-7,9-10,14-15,21H,3-5,8,11-12H2,1-2H3/p+1/t14-,15+/m0/s1. The summed E-state index contributed by atoms with van der Waals surface area (Å²) in [7, 11) is 0. The van der Waals surface area contributed by atoms with Gasteiger partial charge in [-0.2, -0.15) is 0 Å². The molecule has 1 fully saturated rings. The van der Waals surface area contributed by atoms with Crippen LogP contribution in [0.3, 0.4) is 0 Å². The van der Waals surface area contributed by atoms with E-state index in [2.05, 4.69) is 6.92 Å². The van der Waals surface area contributed by atoms with E-state index in [1.165, 1.54) is 30.2 Å². The van der Waals surface area contributed by atoms with Gasteiger partial charge in [0.2, 0.25) is 0 Å². The zero-order valence-electron chi connectivity index (χ0n) is 14.4. The van der Waals surface area contributed by atoms with Gasteiger partial charge >= 0.3 is 5.63 Å². The molecular formula is C19H26NO4+. The van der Waals surface area contributed by atoms with Crippen LogP contribution in [0.5, 0.6) is 5.75 Å². The van der Waals surface area contributed by atoms with E-state index >= 15 is 0 Å². The molecule has 1 aromatic carbocycles. The highest BCUT2D eigenvalue weighted by Crippen LogP contribution is 2.22. The summed E-state index contributed by atoms with van der Waals surface area (Å²) >= 11 is 0. The first-order valence-corrected chi connectivity index (χ1v) is 8.73. The second-order valence-corrected chi connectivity index (χ2v) is 6.88. The van der Waals surface area contributed by atoms with Crippen LogP contribution in [-0.2, 0) is 0 Å². The lowest BCUT2D eigenvalue weighted by Crippen LogP contribution is -3.17. The van der Waals surface area contributed by atoms with Crippen LogP contribution in [0.1, 0.15) is 31.7 Å². The first-order valence-electron chi connectivity index (χ1n) is 8.73. The molecule has 0 spiro atoms. The molecule has 2 heterocycles. The summed E-state index contributed by atoms with van der Waals surface area (Å²) in [6.45, 7) is 6.21. The van der Waals surface area contributed by atoms with E-state index in [4.69, 9.17) is 9.15 Å². The lowest BCUT2D eigenvalue weighted by Gasteiger charge is -2.31. The summed E-state index contributed by atoms with van der Waals surface area (Å²) in [5.41, 5.74) is 1.04. The highest BCUT2D eigenvalue weighted by molar-refractivity contribution is 5.81. The van der Waals surface area contributed by atoms with Crippen LogP contribution in [0.25, 0.3) is 11.0 Å². The Morgan fingerprint density at radius 3 is 3.00 bits per heavy atom. The first kappa shape index (κ1) is 17.0. The Balaban J connectivity index is 1.61. The van der Waals surface area contributed by atoms with Gasteiger partial charge in [-0.15, -0.1) is 0 Å². The number of rotatable bonds is 5. The summed E-state index contributed by atoms with van der Waals surface area (Å²) in [6, 6.07) is 7.53. The van der Waals surface area contributed by atoms with Gasteiger partial charge in [-0.3, -0.25) is 0 Å². The van der Waals surface area contributed by atoms with Gasteiger partial charge in [0.1, 0.15) is 30.6 Å². The van der Waals surface area contributed by atoms with E-state index in [0.29, 0.717) is 23.9 Å². The topological polar surface area (TPSA) is 64.1 Å². The normalized spacial score (nSPS) is 22.5. The summed E-state index contributed by atoms with van der Waals surface area (Å²) in [6.07, 6.45) is 3.25. The molecule has 1 saturated heterocycles. The summed E-state index contributed by atoms with van der Waals surface area (Å²) in [4.78, 5) is 12.9. The molecule has 0 aliphatic carbocycles. The number of hydrogen-bond acceptors (Lipinski definition) is 4. The molecule has 0 saturated carbocycles. The third-order valence-electron chi connectivity index (χ3n) is 4.94. The fraction of sp³-hybridized carbons (Fsp3) is 0.526. The minimum absolute atomic E-state index is 0.248. The molecule has 1 unspecified atom stereocenters. The lowest BCUT2D eigenvalue weighted by atomic mass is 10.0. The molecule has 24 heavy (non-hydrogen) atoms. The molecule has 130 valence electrons. The molecule has 2 N–H and O–H groups in total. The molecule has 5 heteroatoms. The fourth-order valence-corrected chi connectivity index (χ4v) is 3.51. The third-order valence-corrected chi connectivity index (χ3v) is 4.94. The molecule has 1 aliphatic rings. The number of ether oxygens (including phenoxy) is 1. The number of aryl methyl sites for hydroxylation is 1. The Morgan fingerprint density at radius 2 is 2.21 bits per heavy atom. The third kappa shape index (κ3) is 3.97. The number of piperidine rings is 1. The summed E-state index contributed by atoms with van der Waals surface area (Å²) in [5, 5.41) is 11.2. The Hall–Kier alpha value is -1.85. The zero-order chi connectivity index (χ0) is 17.1. The van der Waals surface area contributed by atoms with Crippen LogP contribution in [0.15, 0.2) is 33.5 Å². The van der Waals surface area contributed by atoms with Crippen molar-refractivity contribution in [2.24, 2.45) is 0 Å². The Kier molecular flexibility index (Phi) is 5.21. The quantitative estimate of drug-likeness (QED) is 0.810. The minimum Gasteiger partial charge on any atom is -0.491 e. The van der Waals surface area contributed by atoms with Crippen molar-refractivity contribution in [3.05, 3.63) is 40.2 Å². The number of aliphatic hydroxyl groups is 1. The number of aliphatic hydroxyl groups excluding tert-OH is 1. The van der Waals surface area contributed by atoms with Crippen LogP contribution in [0.4, 0.5) is 0 Å². The molecule has 3 atom stereocenters. The van der Waals surface area contributed by atoms with Gasteiger partial charge in [0, 0.05) is 17.5 Å². The van der Waals surface area contributed by atoms with Crippen LogP contribution < -0.4 is 15.3 Å². The van der Waals surface area contributed by atoms with Gasteiger partial charge in [0.25, 0.3) is 0 Å². The van der Waals surface area contributed by atoms with Crippen molar-refractivity contribution in [1.82, 2.24) is 0 Å². The second kappa shape index (κ2) is 7.36. The predicted molar refractivity (Wildman–Crippen MR) is 92.7 cm³/mol.